The van der Waals surface area contributed by atoms with Gasteiger partial charge >= 0.3 is 0 Å². The van der Waals surface area contributed by atoms with Crippen LogP contribution in [0.15, 0.2) is 0 Å². The minimum atomic E-state index is -0.241. The van der Waals surface area contributed by atoms with Crippen LogP contribution in [0.5, 0.6) is 0 Å². The largest absolute Gasteiger partial charge is 0.294 e. The van der Waals surface area contributed by atoms with Crippen LogP contribution in [0.1, 0.15) is 40.0 Å². The second-order valence-corrected chi connectivity index (χ2v) is 2.81. The molecular weight excluding hydrogens is 140 g/mol. The lowest BCUT2D eigenvalue weighted by Crippen LogP contribution is -2.43. The van der Waals surface area contributed by atoms with Gasteiger partial charge in [0, 0.05) is 5.41 Å². The third kappa shape index (κ3) is 1.93. The van der Waals surface area contributed by atoms with Gasteiger partial charge in [0.2, 0.25) is 5.91 Å². The van der Waals surface area contributed by atoms with Gasteiger partial charge in [-0.3, -0.25) is 10.2 Å². The number of hydrogen-bond acceptors (Lipinski definition) is 2. The van der Waals surface area contributed by atoms with Crippen molar-refractivity contribution in [3.8, 4) is 0 Å². The molecule has 0 aliphatic rings. The first-order valence-corrected chi connectivity index (χ1v) is 4.17. The molecule has 0 radical (unpaired) electrons. The van der Waals surface area contributed by atoms with Crippen LogP contribution in [0.2, 0.25) is 0 Å². The van der Waals surface area contributed by atoms with Gasteiger partial charge in [-0.15, -0.1) is 0 Å². The van der Waals surface area contributed by atoms with E-state index in [0.29, 0.717) is 0 Å². The zero-order chi connectivity index (χ0) is 8.91. The van der Waals surface area contributed by atoms with Crippen LogP contribution >= 0.6 is 0 Å². The first kappa shape index (κ1) is 10.4. The number of hydrazine groups is 1. The number of rotatable bonds is 4. The molecule has 0 saturated heterocycles. The third-order valence-electron chi connectivity index (χ3n) is 2.64. The second kappa shape index (κ2) is 4.34. The van der Waals surface area contributed by atoms with Gasteiger partial charge in [0.15, 0.2) is 0 Å². The fraction of sp³-hybridized carbons (Fsp3) is 0.875. The van der Waals surface area contributed by atoms with Crippen molar-refractivity contribution in [2.24, 2.45) is 11.3 Å². The van der Waals surface area contributed by atoms with Crippen LogP contribution in [0.25, 0.3) is 0 Å². The molecular formula is C8H18N2O. The Hall–Kier alpha value is -0.570. The lowest BCUT2D eigenvalue weighted by molar-refractivity contribution is -0.131. The normalized spacial score (nSPS) is 11.3. The van der Waals surface area contributed by atoms with E-state index >= 15 is 0 Å². The molecule has 1 amide bonds. The quantitative estimate of drug-likeness (QED) is 0.367. The number of carbonyl (C=O) groups excluding carboxylic acids is 1. The maximum Gasteiger partial charge on any atom is 0.240 e. The van der Waals surface area contributed by atoms with Crippen LogP contribution in [-0.4, -0.2) is 5.91 Å². The number of carbonyl (C=O) groups is 1. The van der Waals surface area contributed by atoms with E-state index in [0.717, 1.165) is 19.3 Å². The van der Waals surface area contributed by atoms with Crippen molar-refractivity contribution in [2.75, 3.05) is 0 Å². The van der Waals surface area contributed by atoms with Gasteiger partial charge in [0.25, 0.3) is 0 Å². The molecule has 0 aliphatic carbocycles. The van der Waals surface area contributed by atoms with Gasteiger partial charge in [-0.05, 0) is 19.3 Å². The molecule has 0 aromatic rings. The van der Waals surface area contributed by atoms with Gasteiger partial charge in [-0.25, -0.2) is 5.84 Å². The Balaban J connectivity index is 4.39. The van der Waals surface area contributed by atoms with E-state index in [2.05, 4.69) is 5.43 Å². The summed E-state index contributed by atoms with van der Waals surface area (Å²) in [6.07, 6.45) is 2.55. The van der Waals surface area contributed by atoms with E-state index < -0.39 is 0 Å². The predicted octanol–water partition coefficient (Wildman–Crippen LogP) is 1.19. The Morgan fingerprint density at radius 3 is 1.73 bits per heavy atom. The molecule has 0 fully saturated rings. The van der Waals surface area contributed by atoms with Crippen molar-refractivity contribution < 1.29 is 4.79 Å². The number of nitrogens with one attached hydrogen (secondary N) is 1. The molecule has 0 unspecified atom stereocenters. The fourth-order valence-electron chi connectivity index (χ4n) is 1.38. The van der Waals surface area contributed by atoms with Crippen molar-refractivity contribution in [3.63, 3.8) is 0 Å². The predicted molar refractivity (Wildman–Crippen MR) is 45.6 cm³/mol. The smallest absolute Gasteiger partial charge is 0.240 e. The topological polar surface area (TPSA) is 55.1 Å². The van der Waals surface area contributed by atoms with Crippen molar-refractivity contribution in [2.45, 2.75) is 40.0 Å². The molecule has 66 valence electrons. The summed E-state index contributed by atoms with van der Waals surface area (Å²) in [6, 6.07) is 0. The summed E-state index contributed by atoms with van der Waals surface area (Å²) in [6.45, 7) is 6.05. The Bertz CT molecular complexity index is 122. The number of amides is 1. The summed E-state index contributed by atoms with van der Waals surface area (Å²) < 4.78 is 0. The molecule has 0 bridgehead atoms. The zero-order valence-corrected chi connectivity index (χ0v) is 7.61. The molecule has 0 rings (SSSR count). The standard InChI is InChI=1S/C8H18N2O/c1-4-8(5-2,6-3)7(11)10-9/h4-6,9H2,1-3H3,(H,10,11). The van der Waals surface area contributed by atoms with E-state index in [1.54, 1.807) is 0 Å². The lowest BCUT2D eigenvalue weighted by Gasteiger charge is -2.27. The van der Waals surface area contributed by atoms with Crippen molar-refractivity contribution in [1.82, 2.24) is 5.43 Å². The molecule has 11 heavy (non-hydrogen) atoms. The van der Waals surface area contributed by atoms with Gasteiger partial charge in [-0.2, -0.15) is 0 Å². The molecule has 0 spiro atoms. The van der Waals surface area contributed by atoms with Crippen LogP contribution in [0, 0.1) is 5.41 Å². The van der Waals surface area contributed by atoms with Gasteiger partial charge in [0.05, 0.1) is 0 Å². The Kier molecular flexibility index (Phi) is 4.11. The highest BCUT2D eigenvalue weighted by atomic mass is 16.2. The number of hydrogen-bond donors (Lipinski definition) is 2. The summed E-state index contributed by atoms with van der Waals surface area (Å²) in [4.78, 5) is 11.3. The summed E-state index contributed by atoms with van der Waals surface area (Å²) in [5.41, 5.74) is 1.98. The average Bonchev–Trinajstić information content (AvgIpc) is 2.08. The monoisotopic (exact) mass is 158 g/mol. The minimum absolute atomic E-state index is 0.0370. The summed E-state index contributed by atoms with van der Waals surface area (Å²) >= 11 is 0. The minimum Gasteiger partial charge on any atom is -0.294 e. The molecule has 3 heteroatoms. The molecule has 0 heterocycles. The third-order valence-corrected chi connectivity index (χ3v) is 2.64. The molecule has 3 N–H and O–H groups in total. The molecule has 0 aliphatic heterocycles. The van der Waals surface area contributed by atoms with Crippen molar-refractivity contribution >= 4 is 5.91 Å². The summed E-state index contributed by atoms with van der Waals surface area (Å²) in [7, 11) is 0. The molecule has 0 aromatic carbocycles. The van der Waals surface area contributed by atoms with E-state index in [-0.39, 0.29) is 11.3 Å². The van der Waals surface area contributed by atoms with Crippen LogP contribution < -0.4 is 11.3 Å². The van der Waals surface area contributed by atoms with Crippen LogP contribution in [-0.2, 0) is 4.79 Å². The Morgan fingerprint density at radius 2 is 1.64 bits per heavy atom. The summed E-state index contributed by atoms with van der Waals surface area (Å²) in [5, 5.41) is 0. The fourth-order valence-corrected chi connectivity index (χ4v) is 1.38. The molecule has 0 aromatic heterocycles. The molecule has 0 atom stereocenters. The highest BCUT2D eigenvalue weighted by Crippen LogP contribution is 2.29. The maximum absolute atomic E-state index is 11.3. The SMILES string of the molecule is CCC(CC)(CC)C(=O)NN. The van der Waals surface area contributed by atoms with Gasteiger partial charge < -0.3 is 0 Å². The van der Waals surface area contributed by atoms with E-state index in [1.807, 2.05) is 20.8 Å². The Morgan fingerprint density at radius 1 is 1.27 bits per heavy atom. The second-order valence-electron chi connectivity index (χ2n) is 2.81. The summed E-state index contributed by atoms with van der Waals surface area (Å²) in [5.74, 6) is 5.05. The van der Waals surface area contributed by atoms with Crippen molar-refractivity contribution in [3.05, 3.63) is 0 Å². The lowest BCUT2D eigenvalue weighted by atomic mass is 9.79. The van der Waals surface area contributed by atoms with Crippen LogP contribution in [0.4, 0.5) is 0 Å². The molecule has 0 saturated carbocycles. The first-order valence-electron chi connectivity index (χ1n) is 4.17. The molecule has 3 nitrogen and oxygen atoms in total. The highest BCUT2D eigenvalue weighted by Gasteiger charge is 2.31. The van der Waals surface area contributed by atoms with Crippen molar-refractivity contribution in [1.29, 1.82) is 0 Å². The first-order chi connectivity index (χ1) is 5.16. The van der Waals surface area contributed by atoms with Crippen LogP contribution in [0.3, 0.4) is 0 Å². The Labute approximate surface area is 68.3 Å². The van der Waals surface area contributed by atoms with Gasteiger partial charge in [0.1, 0.15) is 0 Å². The van der Waals surface area contributed by atoms with E-state index in [1.165, 1.54) is 0 Å². The van der Waals surface area contributed by atoms with E-state index in [4.69, 9.17) is 5.84 Å². The van der Waals surface area contributed by atoms with Gasteiger partial charge in [-0.1, -0.05) is 20.8 Å². The van der Waals surface area contributed by atoms with E-state index in [9.17, 15) is 4.79 Å². The number of nitrogens with two attached hydrogens (primary N) is 1. The zero-order valence-electron chi connectivity index (χ0n) is 7.61. The maximum atomic E-state index is 11.3. The average molecular weight is 158 g/mol. The highest BCUT2D eigenvalue weighted by molar-refractivity contribution is 5.81.